The molecule has 1 N–H and O–H groups in total. The van der Waals surface area contributed by atoms with Crippen LogP contribution in [0.4, 0.5) is 8.78 Å². The zero-order valence-corrected chi connectivity index (χ0v) is 14.4. The molecule has 27 heavy (non-hydrogen) atoms. The summed E-state index contributed by atoms with van der Waals surface area (Å²) in [7, 11) is 0. The number of hydrogen-bond acceptors (Lipinski definition) is 4. The van der Waals surface area contributed by atoms with Gasteiger partial charge in [-0.15, -0.1) is 0 Å². The van der Waals surface area contributed by atoms with E-state index in [0.717, 1.165) is 30.6 Å². The average molecular weight is 406 g/mol. The average Bonchev–Trinajstić information content (AvgIpc) is 2.78. The van der Waals surface area contributed by atoms with Crippen LogP contribution in [0.5, 0.6) is 0 Å². The summed E-state index contributed by atoms with van der Waals surface area (Å²) in [6, 6.07) is 2.69. The van der Waals surface area contributed by atoms with Crippen LogP contribution in [0.2, 0.25) is 5.02 Å². The second-order valence-corrected chi connectivity index (χ2v) is 5.95. The number of nitrogens with one attached hydrogen (secondary N) is 1. The Morgan fingerprint density at radius 1 is 1.52 bits per heavy atom. The molecule has 144 valence electrons. The Balaban J connectivity index is 1.93. The molecule has 2 aromatic rings. The van der Waals surface area contributed by atoms with Gasteiger partial charge in [0.25, 0.3) is 5.91 Å². The molecule has 1 fully saturated rings. The van der Waals surface area contributed by atoms with Crippen LogP contribution in [0.1, 0.15) is 49.6 Å². The molecule has 3 rings (SSSR count). The summed E-state index contributed by atoms with van der Waals surface area (Å²) >= 11 is 5.67. The Kier molecular flexibility index (Phi) is 3.03. The first-order valence-corrected chi connectivity index (χ1v) is 8.05. The van der Waals surface area contributed by atoms with Crippen LogP contribution < -0.4 is 5.32 Å². The molecule has 1 amide bonds. The number of alkyl halides is 1. The minimum atomic E-state index is -3.77. The van der Waals surface area contributed by atoms with Crippen molar-refractivity contribution >= 4 is 17.5 Å². The number of hydrogen-bond donors (Lipinski definition) is 1. The summed E-state index contributed by atoms with van der Waals surface area (Å²) in [5.41, 5.74) is -4.42. The highest BCUT2D eigenvalue weighted by Crippen LogP contribution is 2.27. The number of amides is 1. The minimum Gasteiger partial charge on any atom is -0.338 e. The maximum absolute atomic E-state index is 16.3. The van der Waals surface area contributed by atoms with Gasteiger partial charge < -0.3 is 10.2 Å². The molecule has 0 bridgehead atoms. The van der Waals surface area contributed by atoms with Crippen molar-refractivity contribution in [3.05, 3.63) is 58.4 Å². The predicted molar refractivity (Wildman–Crippen MR) is 98.9 cm³/mol. The number of carbonyl (C=O) groups is 1. The molecule has 1 aromatic heterocycles. The van der Waals surface area contributed by atoms with Crippen LogP contribution in [0.3, 0.4) is 0 Å². The number of piperidine rings is 1. The van der Waals surface area contributed by atoms with Gasteiger partial charge in [-0.3, -0.25) is 4.79 Å². The lowest BCUT2D eigenvalue weighted by Crippen LogP contribution is -2.48. The Labute approximate surface area is 177 Å². The highest BCUT2D eigenvalue weighted by Gasteiger charge is 2.36. The second-order valence-electron chi connectivity index (χ2n) is 5.54. The van der Waals surface area contributed by atoms with E-state index >= 15 is 4.39 Å². The van der Waals surface area contributed by atoms with Gasteiger partial charge in [0.15, 0.2) is 0 Å². The first-order chi connectivity index (χ1) is 17.1. The Hall–Kier alpha value is -2.12. The Morgan fingerprint density at radius 2 is 2.30 bits per heavy atom. The lowest BCUT2D eigenvalue weighted by Gasteiger charge is -2.36. The van der Waals surface area contributed by atoms with Crippen molar-refractivity contribution in [1.29, 1.82) is 0 Å². The number of carbonyl (C=O) groups excluding carboxylic acids is 1. The molecule has 2 heterocycles. The number of halogens is 3. The van der Waals surface area contributed by atoms with Gasteiger partial charge in [-0.05, 0) is 30.6 Å². The number of aryl methyl sites for hydroxylation is 1. The molecule has 1 aliphatic heterocycles. The van der Waals surface area contributed by atoms with Gasteiger partial charge in [0.05, 0.1) is 14.3 Å². The molecule has 8 heteroatoms. The van der Waals surface area contributed by atoms with Gasteiger partial charge in [0.1, 0.15) is 17.3 Å². The molecule has 5 nitrogen and oxygen atoms in total. The summed E-state index contributed by atoms with van der Waals surface area (Å²) in [5, 5.41) is 1.19. The standard InChI is InChI=1S/C19H21ClF2N4O/c1-13-9-24-17(25-10-13)11-23-12-19(22)4-6-26(7-5-19)18(27)14-2-3-16(21)15(20)8-14/h2-3,8-10,23H,4-7,11-12H2,1H3/i1D3,4D2,6D2,11D2,12D2. The number of likely N-dealkylation sites (tertiary alicyclic amines) is 1. The minimum absolute atomic E-state index is 0.322. The third-order valence-corrected chi connectivity index (χ3v) is 3.86. The second kappa shape index (κ2) is 8.27. The van der Waals surface area contributed by atoms with Crippen molar-refractivity contribution in [3.8, 4) is 0 Å². The topological polar surface area (TPSA) is 58.1 Å². The van der Waals surface area contributed by atoms with Crippen LogP contribution >= 0.6 is 11.6 Å². The first-order valence-electron chi connectivity index (χ1n) is 13.2. The first kappa shape index (κ1) is 9.89. The molecular formula is C19H21ClF2N4O. The van der Waals surface area contributed by atoms with Crippen molar-refractivity contribution in [2.75, 3.05) is 19.5 Å². The van der Waals surface area contributed by atoms with E-state index in [2.05, 4.69) is 9.97 Å². The molecule has 0 spiro atoms. The highest BCUT2D eigenvalue weighted by molar-refractivity contribution is 6.31. The molecule has 1 unspecified atom stereocenters. The molecular weight excluding hydrogens is 374 g/mol. The lowest BCUT2D eigenvalue weighted by atomic mass is 9.92. The fraction of sp³-hybridized carbons (Fsp3) is 0.421. The maximum Gasteiger partial charge on any atom is 0.253 e. The molecule has 1 atom stereocenters. The van der Waals surface area contributed by atoms with Crippen LogP contribution in [0.25, 0.3) is 0 Å². The van der Waals surface area contributed by atoms with Crippen LogP contribution in [0.15, 0.2) is 30.6 Å². The zero-order valence-electron chi connectivity index (χ0n) is 24.7. The molecule has 1 aliphatic rings. The largest absolute Gasteiger partial charge is 0.338 e. The maximum atomic E-state index is 16.3. The van der Waals surface area contributed by atoms with Crippen molar-refractivity contribution in [1.82, 2.24) is 20.2 Å². The summed E-state index contributed by atoms with van der Waals surface area (Å²) in [5.74, 6) is -2.81. The molecule has 1 aromatic carbocycles. The van der Waals surface area contributed by atoms with Crippen LogP contribution in [-0.2, 0) is 6.50 Å². The van der Waals surface area contributed by atoms with Gasteiger partial charge >= 0.3 is 0 Å². The number of aromatic nitrogens is 2. The van der Waals surface area contributed by atoms with E-state index in [4.69, 9.17) is 26.7 Å². The zero-order chi connectivity index (χ0) is 29.1. The summed E-state index contributed by atoms with van der Waals surface area (Å²) in [6.45, 7) is -13.6. The van der Waals surface area contributed by atoms with Crippen LogP contribution in [-0.4, -0.2) is 46.0 Å². The van der Waals surface area contributed by atoms with E-state index in [1.807, 2.05) is 0 Å². The number of benzene rings is 1. The van der Waals surface area contributed by atoms with Gasteiger partial charge in [-0.2, -0.15) is 0 Å². The van der Waals surface area contributed by atoms with Crippen molar-refractivity contribution in [2.45, 2.75) is 31.8 Å². The van der Waals surface area contributed by atoms with Crippen LogP contribution in [0, 0.1) is 12.7 Å². The Bertz CT molecular complexity index is 1230. The third kappa shape index (κ3) is 4.99. The highest BCUT2D eigenvalue weighted by atomic mass is 35.5. The van der Waals surface area contributed by atoms with Crippen molar-refractivity contribution < 1.29 is 28.7 Å². The fourth-order valence-electron chi connectivity index (χ4n) is 2.15. The van der Waals surface area contributed by atoms with Crippen molar-refractivity contribution in [2.24, 2.45) is 0 Å². The monoisotopic (exact) mass is 405 g/mol. The van der Waals surface area contributed by atoms with Gasteiger partial charge in [0.2, 0.25) is 0 Å². The van der Waals surface area contributed by atoms with Gasteiger partial charge in [-0.1, -0.05) is 11.6 Å². The third-order valence-electron chi connectivity index (χ3n) is 3.57. The number of rotatable bonds is 5. The smallest absolute Gasteiger partial charge is 0.253 e. The molecule has 0 saturated carbocycles. The molecule has 0 radical (unpaired) electrons. The predicted octanol–water partition coefficient (Wildman–Crippen LogP) is 3.31. The SMILES string of the molecule is [2H]C([2H])([2H])c1cnc(C([2H])([2H])NC([2H])([2H])C2(F)CCN(C(=O)c3ccc(F)c(Cl)c3)C([2H])([2H])C2([2H])[2H])nc1. The van der Waals surface area contributed by atoms with Gasteiger partial charge in [-0.25, -0.2) is 18.7 Å². The summed E-state index contributed by atoms with van der Waals surface area (Å²) < 4.78 is 117. The van der Waals surface area contributed by atoms with E-state index in [9.17, 15) is 9.18 Å². The van der Waals surface area contributed by atoms with E-state index < -0.39 is 73.9 Å². The summed E-state index contributed by atoms with van der Waals surface area (Å²) in [6.07, 6.45) is -3.33. The normalized spacial score (nSPS) is 31.2. The van der Waals surface area contributed by atoms with E-state index in [0.29, 0.717) is 4.90 Å². The van der Waals surface area contributed by atoms with E-state index in [1.54, 1.807) is 5.32 Å². The lowest BCUT2D eigenvalue weighted by molar-refractivity contribution is 0.0434. The molecule has 1 saturated heterocycles. The van der Waals surface area contributed by atoms with E-state index in [-0.39, 0.29) is 11.1 Å². The quantitative estimate of drug-likeness (QED) is 0.829. The van der Waals surface area contributed by atoms with E-state index in [1.165, 1.54) is 0 Å². The van der Waals surface area contributed by atoms with Gasteiger partial charge in [0, 0.05) is 62.6 Å². The number of nitrogens with zero attached hydrogens (tertiary/aromatic N) is 3. The summed E-state index contributed by atoms with van der Waals surface area (Å²) in [4.78, 5) is 20.4. The fourth-order valence-corrected chi connectivity index (χ4v) is 2.33. The molecule has 0 aliphatic carbocycles. The van der Waals surface area contributed by atoms with Crippen molar-refractivity contribution in [3.63, 3.8) is 0 Å². The Morgan fingerprint density at radius 3 is 3.00 bits per heavy atom.